The van der Waals surface area contributed by atoms with Gasteiger partial charge in [-0.2, -0.15) is 0 Å². The molecular weight excluding hydrogens is 392 g/mol. The van der Waals surface area contributed by atoms with Gasteiger partial charge in [0.25, 0.3) is 0 Å². The van der Waals surface area contributed by atoms with Crippen LogP contribution in [-0.2, 0) is 25.5 Å². The highest BCUT2D eigenvalue weighted by Gasteiger charge is 2.29. The van der Waals surface area contributed by atoms with Gasteiger partial charge in [0.1, 0.15) is 11.7 Å². The van der Waals surface area contributed by atoms with Crippen LogP contribution in [-0.4, -0.2) is 31.9 Å². The van der Waals surface area contributed by atoms with Crippen molar-refractivity contribution in [2.75, 3.05) is 14.2 Å². The normalized spacial score (nSPS) is 11.6. The molecule has 0 spiro atoms. The molecule has 0 saturated heterocycles. The Kier molecular flexibility index (Phi) is 8.40. The third kappa shape index (κ3) is 5.67. The van der Waals surface area contributed by atoms with Crippen molar-refractivity contribution >= 4 is 29.3 Å². The lowest BCUT2D eigenvalue weighted by Gasteiger charge is -2.17. The summed E-state index contributed by atoms with van der Waals surface area (Å²) >= 11 is 6.48. The third-order valence-corrected chi connectivity index (χ3v) is 5.10. The van der Waals surface area contributed by atoms with Crippen LogP contribution < -0.4 is 0 Å². The lowest BCUT2D eigenvalue weighted by atomic mass is 9.89. The SMILES string of the molecule is CCCCC(=O)C(Cc1cc(C(=O)OC)c(-c2ccccc2)cc1Cl)C(=O)OC. The molecule has 0 aromatic heterocycles. The number of ketones is 1. The lowest BCUT2D eigenvalue weighted by Crippen LogP contribution is -2.27. The number of hydrogen-bond acceptors (Lipinski definition) is 5. The Labute approximate surface area is 176 Å². The Hall–Kier alpha value is -2.66. The first kappa shape index (κ1) is 22.6. The fourth-order valence-electron chi connectivity index (χ4n) is 3.13. The minimum Gasteiger partial charge on any atom is -0.468 e. The molecule has 0 aliphatic carbocycles. The van der Waals surface area contributed by atoms with E-state index in [9.17, 15) is 14.4 Å². The quantitative estimate of drug-likeness (QED) is 0.430. The number of Topliss-reactive ketones (excluding diaryl/α,β-unsaturated/α-hetero) is 1. The molecule has 0 heterocycles. The molecule has 0 aliphatic rings. The van der Waals surface area contributed by atoms with Crippen molar-refractivity contribution < 1.29 is 23.9 Å². The van der Waals surface area contributed by atoms with E-state index in [1.165, 1.54) is 14.2 Å². The minimum absolute atomic E-state index is 0.0626. The smallest absolute Gasteiger partial charge is 0.338 e. The molecule has 0 amide bonds. The minimum atomic E-state index is -0.961. The van der Waals surface area contributed by atoms with E-state index in [1.807, 2.05) is 37.3 Å². The van der Waals surface area contributed by atoms with Gasteiger partial charge < -0.3 is 9.47 Å². The van der Waals surface area contributed by atoms with E-state index in [-0.39, 0.29) is 12.2 Å². The summed E-state index contributed by atoms with van der Waals surface area (Å²) in [5.74, 6) is -2.28. The summed E-state index contributed by atoms with van der Waals surface area (Å²) in [6.45, 7) is 1.97. The molecular formula is C23H25ClO5. The number of esters is 2. The predicted octanol–water partition coefficient (Wildman–Crippen LogP) is 4.88. The zero-order valence-corrected chi connectivity index (χ0v) is 17.6. The van der Waals surface area contributed by atoms with E-state index < -0.39 is 17.9 Å². The van der Waals surface area contributed by atoms with Crippen molar-refractivity contribution in [3.8, 4) is 11.1 Å². The summed E-state index contributed by atoms with van der Waals surface area (Å²) in [5.41, 5.74) is 2.28. The molecule has 0 fully saturated rings. The Morgan fingerprint density at radius 1 is 1.03 bits per heavy atom. The molecule has 2 rings (SSSR count). The molecule has 0 N–H and O–H groups in total. The van der Waals surface area contributed by atoms with Crippen LogP contribution in [0.1, 0.15) is 42.1 Å². The molecule has 5 nitrogen and oxygen atoms in total. The number of carbonyl (C=O) groups is 3. The number of halogens is 1. The number of unbranched alkanes of at least 4 members (excludes halogenated alkanes) is 1. The standard InChI is InChI=1S/C23H25ClO5/c1-4-5-11-21(25)19(23(27)29-3)13-16-12-18(22(26)28-2)17(14-20(16)24)15-9-7-6-8-10-15/h6-10,12,14,19H,4-5,11,13H2,1-3H3. The molecule has 2 aromatic carbocycles. The van der Waals surface area contributed by atoms with Crippen molar-refractivity contribution in [3.63, 3.8) is 0 Å². The molecule has 1 atom stereocenters. The van der Waals surface area contributed by atoms with Crippen LogP contribution in [0.4, 0.5) is 0 Å². The maximum atomic E-state index is 12.5. The van der Waals surface area contributed by atoms with E-state index in [1.54, 1.807) is 12.1 Å². The third-order valence-electron chi connectivity index (χ3n) is 4.75. The number of rotatable bonds is 9. The van der Waals surface area contributed by atoms with Gasteiger partial charge in [-0.25, -0.2) is 4.79 Å². The highest BCUT2D eigenvalue weighted by Crippen LogP contribution is 2.32. The first-order chi connectivity index (χ1) is 13.9. The maximum absolute atomic E-state index is 12.5. The van der Waals surface area contributed by atoms with Crippen LogP contribution in [0, 0.1) is 5.92 Å². The predicted molar refractivity (Wildman–Crippen MR) is 112 cm³/mol. The van der Waals surface area contributed by atoms with Crippen LogP contribution in [0.3, 0.4) is 0 Å². The fourth-order valence-corrected chi connectivity index (χ4v) is 3.37. The highest BCUT2D eigenvalue weighted by atomic mass is 35.5. The zero-order valence-electron chi connectivity index (χ0n) is 16.9. The first-order valence-corrected chi connectivity index (χ1v) is 9.87. The van der Waals surface area contributed by atoms with Crippen molar-refractivity contribution in [1.29, 1.82) is 0 Å². The number of carbonyl (C=O) groups excluding carboxylic acids is 3. The van der Waals surface area contributed by atoms with Gasteiger partial charge in [0.2, 0.25) is 0 Å². The van der Waals surface area contributed by atoms with Crippen LogP contribution in [0.25, 0.3) is 11.1 Å². The van der Waals surface area contributed by atoms with Gasteiger partial charge in [-0.05, 0) is 41.7 Å². The maximum Gasteiger partial charge on any atom is 0.338 e. The second-order valence-corrected chi connectivity index (χ2v) is 7.10. The molecule has 0 saturated carbocycles. The number of benzene rings is 2. The Bertz CT molecular complexity index is 876. The average Bonchev–Trinajstić information content (AvgIpc) is 2.75. The Morgan fingerprint density at radius 2 is 1.72 bits per heavy atom. The highest BCUT2D eigenvalue weighted by molar-refractivity contribution is 6.32. The van der Waals surface area contributed by atoms with E-state index in [4.69, 9.17) is 21.1 Å². The van der Waals surface area contributed by atoms with E-state index in [0.29, 0.717) is 34.6 Å². The topological polar surface area (TPSA) is 69.7 Å². The van der Waals surface area contributed by atoms with Crippen molar-refractivity contribution in [1.82, 2.24) is 0 Å². The number of hydrogen-bond donors (Lipinski definition) is 0. The summed E-state index contributed by atoms with van der Waals surface area (Å²) in [5, 5.41) is 0.369. The van der Waals surface area contributed by atoms with Crippen molar-refractivity contribution in [3.05, 3.63) is 58.6 Å². The molecule has 1 unspecified atom stereocenters. The van der Waals surface area contributed by atoms with Gasteiger partial charge in [-0.3, -0.25) is 9.59 Å². The first-order valence-electron chi connectivity index (χ1n) is 9.49. The summed E-state index contributed by atoms with van der Waals surface area (Å²) < 4.78 is 9.75. The second kappa shape index (κ2) is 10.8. The molecule has 0 radical (unpaired) electrons. The van der Waals surface area contributed by atoms with Gasteiger partial charge in [-0.1, -0.05) is 55.3 Å². The summed E-state index contributed by atoms with van der Waals surface area (Å²) in [6.07, 6.45) is 1.89. The van der Waals surface area contributed by atoms with Gasteiger partial charge in [0, 0.05) is 11.4 Å². The van der Waals surface area contributed by atoms with Crippen LogP contribution in [0.2, 0.25) is 5.02 Å². The molecule has 154 valence electrons. The molecule has 29 heavy (non-hydrogen) atoms. The van der Waals surface area contributed by atoms with Gasteiger partial charge in [0.05, 0.1) is 19.8 Å². The van der Waals surface area contributed by atoms with Crippen LogP contribution in [0.5, 0.6) is 0 Å². The Balaban J connectivity index is 2.47. The van der Waals surface area contributed by atoms with Crippen LogP contribution in [0.15, 0.2) is 42.5 Å². The van der Waals surface area contributed by atoms with Gasteiger partial charge in [-0.15, -0.1) is 0 Å². The fraction of sp³-hybridized carbons (Fsp3) is 0.348. The van der Waals surface area contributed by atoms with E-state index in [0.717, 1.165) is 12.0 Å². The summed E-state index contributed by atoms with van der Waals surface area (Å²) in [6, 6.07) is 12.6. The largest absolute Gasteiger partial charge is 0.468 e. The van der Waals surface area contributed by atoms with E-state index in [2.05, 4.69) is 0 Å². The summed E-state index contributed by atoms with van der Waals surface area (Å²) in [7, 11) is 2.55. The molecule has 6 heteroatoms. The zero-order chi connectivity index (χ0) is 21.4. The molecule has 0 aliphatic heterocycles. The molecule has 0 bridgehead atoms. The van der Waals surface area contributed by atoms with Gasteiger partial charge in [0.15, 0.2) is 0 Å². The van der Waals surface area contributed by atoms with Crippen LogP contribution >= 0.6 is 11.6 Å². The van der Waals surface area contributed by atoms with Gasteiger partial charge >= 0.3 is 11.9 Å². The lowest BCUT2D eigenvalue weighted by molar-refractivity contribution is -0.149. The average molecular weight is 417 g/mol. The molecule has 2 aromatic rings. The van der Waals surface area contributed by atoms with Crippen molar-refractivity contribution in [2.45, 2.75) is 32.6 Å². The second-order valence-electron chi connectivity index (χ2n) is 6.70. The monoisotopic (exact) mass is 416 g/mol. The van der Waals surface area contributed by atoms with E-state index >= 15 is 0 Å². The number of ether oxygens (including phenoxy) is 2. The van der Waals surface area contributed by atoms with Crippen molar-refractivity contribution in [2.24, 2.45) is 5.92 Å². The Morgan fingerprint density at radius 3 is 2.31 bits per heavy atom. The number of methoxy groups -OCH3 is 2. The summed E-state index contributed by atoms with van der Waals surface area (Å²) in [4.78, 5) is 37.2.